The second kappa shape index (κ2) is 4.15. The predicted octanol–water partition coefficient (Wildman–Crippen LogP) is 1.20. The summed E-state index contributed by atoms with van der Waals surface area (Å²) in [5, 5.41) is 9.24. The predicted molar refractivity (Wildman–Crippen MR) is 64.0 cm³/mol. The number of aromatic amines is 1. The summed E-state index contributed by atoms with van der Waals surface area (Å²) in [6.45, 7) is 0.924. The first kappa shape index (κ1) is 11.3. The van der Waals surface area contributed by atoms with E-state index in [2.05, 4.69) is 4.98 Å². The van der Waals surface area contributed by atoms with Crippen molar-refractivity contribution in [2.75, 3.05) is 13.1 Å². The van der Waals surface area contributed by atoms with Crippen LogP contribution in [-0.4, -0.2) is 40.0 Å². The van der Waals surface area contributed by atoms with Crippen LogP contribution in [0.15, 0.2) is 18.3 Å². The molecule has 1 saturated heterocycles. The van der Waals surface area contributed by atoms with E-state index in [0.717, 1.165) is 12.8 Å². The van der Waals surface area contributed by atoms with Crippen molar-refractivity contribution in [3.8, 4) is 0 Å². The molecule has 0 bridgehead atoms. The molecule has 96 valence electrons. The zero-order valence-corrected chi connectivity index (χ0v) is 10.0. The molecule has 0 aromatic carbocycles. The Morgan fingerprint density at radius 3 is 2.67 bits per heavy atom. The van der Waals surface area contributed by atoms with E-state index in [-0.39, 0.29) is 11.8 Å². The Kier molecular flexibility index (Phi) is 2.61. The lowest BCUT2D eigenvalue weighted by atomic mass is 9.92. The first-order valence-electron chi connectivity index (χ1n) is 6.32. The molecule has 2 aliphatic rings. The third kappa shape index (κ3) is 1.89. The van der Waals surface area contributed by atoms with Gasteiger partial charge in [-0.25, -0.2) is 0 Å². The van der Waals surface area contributed by atoms with Gasteiger partial charge in [-0.05, 0) is 36.8 Å². The third-order valence-electron chi connectivity index (χ3n) is 4.03. The van der Waals surface area contributed by atoms with Gasteiger partial charge in [0.25, 0.3) is 5.91 Å². The van der Waals surface area contributed by atoms with Crippen LogP contribution in [0.1, 0.15) is 23.3 Å². The van der Waals surface area contributed by atoms with Crippen LogP contribution >= 0.6 is 0 Å². The molecule has 1 aromatic heterocycles. The van der Waals surface area contributed by atoms with Gasteiger partial charge >= 0.3 is 5.97 Å². The summed E-state index contributed by atoms with van der Waals surface area (Å²) in [4.78, 5) is 28.0. The molecule has 1 saturated carbocycles. The highest BCUT2D eigenvalue weighted by Gasteiger charge is 2.46. The molecule has 1 aromatic rings. The third-order valence-corrected chi connectivity index (χ3v) is 4.03. The number of hydrogen-bond acceptors (Lipinski definition) is 2. The summed E-state index contributed by atoms with van der Waals surface area (Å²) in [7, 11) is 0. The number of carboxylic acid groups (broad SMARTS) is 1. The van der Waals surface area contributed by atoms with Crippen LogP contribution in [0.5, 0.6) is 0 Å². The Morgan fingerprint density at radius 1 is 1.33 bits per heavy atom. The average Bonchev–Trinajstić information content (AvgIpc) is 2.91. The van der Waals surface area contributed by atoms with Gasteiger partial charge in [-0.15, -0.1) is 0 Å². The summed E-state index contributed by atoms with van der Waals surface area (Å²) < 4.78 is 0. The standard InChI is InChI=1S/C13H16N2O3/c16-12(11-2-1-5-14-11)15-6-9(8-3-4-8)10(7-15)13(17)18/h1-2,5,8-10,14H,3-4,6-7H2,(H,17,18)/t9-,10+/m1/s1. The molecule has 1 aliphatic heterocycles. The van der Waals surface area contributed by atoms with Crippen LogP contribution in [0.2, 0.25) is 0 Å². The Balaban J connectivity index is 1.75. The first-order valence-corrected chi connectivity index (χ1v) is 6.32. The summed E-state index contributed by atoms with van der Waals surface area (Å²) in [5.41, 5.74) is 0.538. The van der Waals surface area contributed by atoms with Crippen molar-refractivity contribution in [1.82, 2.24) is 9.88 Å². The van der Waals surface area contributed by atoms with E-state index in [4.69, 9.17) is 0 Å². The molecule has 0 radical (unpaired) electrons. The quantitative estimate of drug-likeness (QED) is 0.844. The largest absolute Gasteiger partial charge is 0.481 e. The molecule has 2 N–H and O–H groups in total. The van der Waals surface area contributed by atoms with Crippen molar-refractivity contribution in [2.45, 2.75) is 12.8 Å². The number of carbonyl (C=O) groups is 2. The number of likely N-dealkylation sites (tertiary alicyclic amines) is 1. The van der Waals surface area contributed by atoms with E-state index in [1.54, 1.807) is 23.2 Å². The van der Waals surface area contributed by atoms with Crippen LogP contribution in [0.4, 0.5) is 0 Å². The highest BCUT2D eigenvalue weighted by molar-refractivity contribution is 5.93. The lowest BCUT2D eigenvalue weighted by Crippen LogP contribution is -2.30. The molecule has 2 fully saturated rings. The summed E-state index contributed by atoms with van der Waals surface area (Å²) in [6, 6.07) is 3.50. The number of aliphatic carboxylic acids is 1. The summed E-state index contributed by atoms with van der Waals surface area (Å²) in [6.07, 6.45) is 3.92. The number of nitrogens with zero attached hydrogens (tertiary/aromatic N) is 1. The van der Waals surface area contributed by atoms with Crippen LogP contribution in [0.3, 0.4) is 0 Å². The maximum atomic E-state index is 12.2. The molecular weight excluding hydrogens is 232 g/mol. The van der Waals surface area contributed by atoms with Crippen LogP contribution in [-0.2, 0) is 4.79 Å². The molecule has 0 spiro atoms. The number of aromatic nitrogens is 1. The Hall–Kier alpha value is -1.78. The molecule has 5 nitrogen and oxygen atoms in total. The number of amides is 1. The maximum Gasteiger partial charge on any atom is 0.308 e. The second-order valence-corrected chi connectivity index (χ2v) is 5.24. The normalized spacial score (nSPS) is 27.4. The van der Waals surface area contributed by atoms with Gasteiger partial charge in [-0.2, -0.15) is 0 Å². The number of nitrogens with one attached hydrogen (secondary N) is 1. The Bertz CT molecular complexity index is 465. The minimum atomic E-state index is -0.770. The molecule has 3 rings (SSSR count). The maximum absolute atomic E-state index is 12.2. The van der Waals surface area contributed by atoms with E-state index < -0.39 is 11.9 Å². The SMILES string of the molecule is O=C(O)[C@H]1CN(C(=O)c2ccc[nH]2)C[C@@H]1C1CC1. The molecule has 2 atom stereocenters. The van der Waals surface area contributed by atoms with E-state index in [9.17, 15) is 14.7 Å². The van der Waals surface area contributed by atoms with E-state index >= 15 is 0 Å². The monoisotopic (exact) mass is 248 g/mol. The second-order valence-electron chi connectivity index (χ2n) is 5.24. The summed E-state index contributed by atoms with van der Waals surface area (Å²) >= 11 is 0. The van der Waals surface area contributed by atoms with E-state index in [1.165, 1.54) is 0 Å². The minimum absolute atomic E-state index is 0.0885. The Labute approximate surface area is 105 Å². The topological polar surface area (TPSA) is 73.4 Å². The van der Waals surface area contributed by atoms with Crippen LogP contribution in [0.25, 0.3) is 0 Å². The number of hydrogen-bond donors (Lipinski definition) is 2. The fourth-order valence-corrected chi connectivity index (χ4v) is 2.89. The lowest BCUT2D eigenvalue weighted by Gasteiger charge is -2.15. The van der Waals surface area contributed by atoms with Gasteiger partial charge in [0, 0.05) is 19.3 Å². The average molecular weight is 248 g/mol. The van der Waals surface area contributed by atoms with Gasteiger partial charge in [0.1, 0.15) is 5.69 Å². The van der Waals surface area contributed by atoms with Crippen molar-refractivity contribution in [3.63, 3.8) is 0 Å². The van der Waals surface area contributed by atoms with Gasteiger partial charge in [0.2, 0.25) is 0 Å². The van der Waals surface area contributed by atoms with Crippen molar-refractivity contribution < 1.29 is 14.7 Å². The van der Waals surface area contributed by atoms with E-state index in [1.807, 2.05) is 0 Å². The van der Waals surface area contributed by atoms with Crippen molar-refractivity contribution in [2.24, 2.45) is 17.8 Å². The first-order chi connectivity index (χ1) is 8.66. The van der Waals surface area contributed by atoms with Crippen LogP contribution < -0.4 is 0 Å². The lowest BCUT2D eigenvalue weighted by molar-refractivity contribution is -0.142. The smallest absolute Gasteiger partial charge is 0.308 e. The number of H-pyrrole nitrogens is 1. The molecule has 18 heavy (non-hydrogen) atoms. The van der Waals surface area contributed by atoms with Crippen molar-refractivity contribution in [3.05, 3.63) is 24.0 Å². The molecule has 0 unspecified atom stereocenters. The zero-order chi connectivity index (χ0) is 12.7. The molecule has 5 heteroatoms. The highest BCUT2D eigenvalue weighted by Crippen LogP contribution is 2.44. The van der Waals surface area contributed by atoms with Gasteiger partial charge in [-0.1, -0.05) is 0 Å². The molecule has 1 aliphatic carbocycles. The minimum Gasteiger partial charge on any atom is -0.481 e. The van der Waals surface area contributed by atoms with Gasteiger partial charge in [0.05, 0.1) is 5.92 Å². The fourth-order valence-electron chi connectivity index (χ4n) is 2.89. The van der Waals surface area contributed by atoms with Crippen LogP contribution in [0, 0.1) is 17.8 Å². The van der Waals surface area contributed by atoms with Gasteiger partial charge < -0.3 is 15.0 Å². The van der Waals surface area contributed by atoms with Gasteiger partial charge in [0.15, 0.2) is 0 Å². The van der Waals surface area contributed by atoms with Crippen molar-refractivity contribution >= 4 is 11.9 Å². The summed E-state index contributed by atoms with van der Waals surface area (Å²) in [5.74, 6) is -0.603. The van der Waals surface area contributed by atoms with E-state index in [0.29, 0.717) is 24.7 Å². The number of carboxylic acids is 1. The molecular formula is C13H16N2O3. The highest BCUT2D eigenvalue weighted by atomic mass is 16.4. The van der Waals surface area contributed by atoms with Gasteiger partial charge in [-0.3, -0.25) is 9.59 Å². The Morgan fingerprint density at radius 2 is 2.11 bits per heavy atom. The number of rotatable bonds is 3. The number of carbonyl (C=O) groups excluding carboxylic acids is 1. The fraction of sp³-hybridized carbons (Fsp3) is 0.538. The molecule has 2 heterocycles. The molecule has 1 amide bonds. The van der Waals surface area contributed by atoms with Crippen molar-refractivity contribution in [1.29, 1.82) is 0 Å². The zero-order valence-electron chi connectivity index (χ0n) is 10.0.